The number of nitrogens with zero attached hydrogens (tertiary/aromatic N) is 3. The minimum absolute atomic E-state index is 0.0740. The molecule has 0 aromatic carbocycles. The molecule has 2 heterocycles. The van der Waals surface area contributed by atoms with Crippen LogP contribution in [0.2, 0.25) is 0 Å². The van der Waals surface area contributed by atoms with Crippen LogP contribution >= 0.6 is 0 Å². The predicted octanol–water partition coefficient (Wildman–Crippen LogP) is 1.25. The highest BCUT2D eigenvalue weighted by Gasteiger charge is 2.34. The summed E-state index contributed by atoms with van der Waals surface area (Å²) in [6.45, 7) is 1.73. The summed E-state index contributed by atoms with van der Waals surface area (Å²) in [6.07, 6.45) is 9.21. The minimum atomic E-state index is 0.0740. The zero-order valence-corrected chi connectivity index (χ0v) is 12.2. The summed E-state index contributed by atoms with van der Waals surface area (Å²) >= 11 is 0. The van der Waals surface area contributed by atoms with Gasteiger partial charge >= 0.3 is 0 Å². The van der Waals surface area contributed by atoms with E-state index in [1.165, 1.54) is 5.56 Å². The standard InChI is InChI=1S/C15H24N4O/c1-18-10-12(9-17-18)11-5-7-19(8-6-11)15(20)13-3-2-4-14(13)16/h9-11,13-14H,2-8,16H2,1H3. The van der Waals surface area contributed by atoms with Crippen molar-refractivity contribution in [1.29, 1.82) is 0 Å². The van der Waals surface area contributed by atoms with Gasteiger partial charge in [0, 0.05) is 32.4 Å². The van der Waals surface area contributed by atoms with Gasteiger partial charge in [-0.05, 0) is 37.2 Å². The second-order valence-corrected chi connectivity index (χ2v) is 6.25. The molecule has 5 heteroatoms. The van der Waals surface area contributed by atoms with Crippen LogP contribution in [-0.2, 0) is 11.8 Å². The molecule has 2 aliphatic rings. The van der Waals surface area contributed by atoms with E-state index < -0.39 is 0 Å². The third kappa shape index (κ3) is 2.59. The van der Waals surface area contributed by atoms with Gasteiger partial charge < -0.3 is 10.6 Å². The molecule has 20 heavy (non-hydrogen) atoms. The normalized spacial score (nSPS) is 28.0. The Morgan fingerprint density at radius 2 is 2.05 bits per heavy atom. The molecule has 0 radical (unpaired) electrons. The van der Waals surface area contributed by atoms with Gasteiger partial charge in [0.1, 0.15) is 0 Å². The highest BCUT2D eigenvalue weighted by atomic mass is 16.2. The smallest absolute Gasteiger partial charge is 0.227 e. The monoisotopic (exact) mass is 276 g/mol. The summed E-state index contributed by atoms with van der Waals surface area (Å²) in [5, 5.41) is 4.24. The summed E-state index contributed by atoms with van der Waals surface area (Å²) < 4.78 is 1.85. The fourth-order valence-electron chi connectivity index (χ4n) is 3.61. The van der Waals surface area contributed by atoms with E-state index in [9.17, 15) is 4.79 Å². The third-order valence-electron chi connectivity index (χ3n) is 4.89. The van der Waals surface area contributed by atoms with E-state index in [0.29, 0.717) is 11.8 Å². The van der Waals surface area contributed by atoms with E-state index in [2.05, 4.69) is 11.3 Å². The molecular weight excluding hydrogens is 252 g/mol. The van der Waals surface area contributed by atoms with Gasteiger partial charge in [0.15, 0.2) is 0 Å². The number of hydrogen-bond donors (Lipinski definition) is 1. The average Bonchev–Trinajstić information content (AvgIpc) is 3.07. The third-order valence-corrected chi connectivity index (χ3v) is 4.89. The molecule has 1 aliphatic heterocycles. The van der Waals surface area contributed by atoms with Crippen molar-refractivity contribution in [2.45, 2.75) is 44.1 Å². The van der Waals surface area contributed by atoms with Gasteiger partial charge in [0.25, 0.3) is 0 Å². The molecule has 5 nitrogen and oxygen atoms in total. The lowest BCUT2D eigenvalue weighted by Crippen LogP contribution is -2.45. The fraction of sp³-hybridized carbons (Fsp3) is 0.733. The Labute approximate surface area is 120 Å². The van der Waals surface area contributed by atoms with E-state index >= 15 is 0 Å². The SMILES string of the molecule is Cn1cc(C2CCN(C(=O)C3CCCC3N)CC2)cn1. The first-order valence-corrected chi connectivity index (χ1v) is 7.68. The van der Waals surface area contributed by atoms with E-state index in [1.807, 2.05) is 22.8 Å². The number of likely N-dealkylation sites (tertiary alicyclic amines) is 1. The number of piperidine rings is 1. The lowest BCUT2D eigenvalue weighted by atomic mass is 9.90. The molecule has 1 aromatic heterocycles. The molecule has 0 bridgehead atoms. The van der Waals surface area contributed by atoms with Crippen LogP contribution in [0.3, 0.4) is 0 Å². The zero-order chi connectivity index (χ0) is 14.1. The number of hydrogen-bond acceptors (Lipinski definition) is 3. The Kier molecular flexibility index (Phi) is 3.78. The molecule has 2 fully saturated rings. The Hall–Kier alpha value is -1.36. The first-order valence-electron chi connectivity index (χ1n) is 7.68. The van der Waals surface area contributed by atoms with Crippen molar-refractivity contribution in [3.63, 3.8) is 0 Å². The van der Waals surface area contributed by atoms with Crippen LogP contribution in [0.5, 0.6) is 0 Å². The summed E-state index contributed by atoms with van der Waals surface area (Å²) in [4.78, 5) is 14.5. The van der Waals surface area contributed by atoms with E-state index in [1.54, 1.807) is 0 Å². The van der Waals surface area contributed by atoms with Crippen molar-refractivity contribution in [1.82, 2.24) is 14.7 Å². The molecule has 2 atom stereocenters. The van der Waals surface area contributed by atoms with Crippen molar-refractivity contribution in [2.24, 2.45) is 18.7 Å². The van der Waals surface area contributed by atoms with Gasteiger partial charge in [0.05, 0.1) is 12.1 Å². The van der Waals surface area contributed by atoms with Gasteiger partial charge in [-0.15, -0.1) is 0 Å². The van der Waals surface area contributed by atoms with Crippen molar-refractivity contribution in [3.8, 4) is 0 Å². The molecular formula is C15H24N4O. The second-order valence-electron chi connectivity index (χ2n) is 6.25. The molecule has 2 unspecified atom stereocenters. The van der Waals surface area contributed by atoms with Crippen LogP contribution in [0.4, 0.5) is 0 Å². The van der Waals surface area contributed by atoms with Crippen LogP contribution in [0, 0.1) is 5.92 Å². The number of nitrogens with two attached hydrogens (primary N) is 1. The van der Waals surface area contributed by atoms with Crippen LogP contribution in [0.1, 0.15) is 43.6 Å². The highest BCUT2D eigenvalue weighted by molar-refractivity contribution is 5.80. The Bertz CT molecular complexity index is 476. The van der Waals surface area contributed by atoms with Crippen molar-refractivity contribution in [3.05, 3.63) is 18.0 Å². The number of rotatable bonds is 2. The summed E-state index contributed by atoms with van der Waals surface area (Å²) in [5.41, 5.74) is 7.35. The zero-order valence-electron chi connectivity index (χ0n) is 12.2. The molecule has 2 N–H and O–H groups in total. The lowest BCUT2D eigenvalue weighted by molar-refractivity contribution is -0.136. The van der Waals surface area contributed by atoms with Gasteiger partial charge in [-0.2, -0.15) is 5.10 Å². The molecule has 110 valence electrons. The topological polar surface area (TPSA) is 64.2 Å². The van der Waals surface area contributed by atoms with E-state index in [0.717, 1.165) is 45.2 Å². The molecule has 1 aliphatic carbocycles. The summed E-state index contributed by atoms with van der Waals surface area (Å²) in [7, 11) is 1.95. The predicted molar refractivity (Wildman–Crippen MR) is 77.1 cm³/mol. The summed E-state index contributed by atoms with van der Waals surface area (Å²) in [6, 6.07) is 0.0820. The Balaban J connectivity index is 1.57. The molecule has 0 spiro atoms. The Morgan fingerprint density at radius 3 is 2.60 bits per heavy atom. The van der Waals surface area contributed by atoms with Crippen LogP contribution in [-0.4, -0.2) is 39.7 Å². The van der Waals surface area contributed by atoms with Gasteiger partial charge in [-0.3, -0.25) is 9.48 Å². The van der Waals surface area contributed by atoms with Crippen LogP contribution in [0.15, 0.2) is 12.4 Å². The molecule has 1 saturated heterocycles. The van der Waals surface area contributed by atoms with Gasteiger partial charge in [-0.1, -0.05) is 6.42 Å². The summed E-state index contributed by atoms with van der Waals surface area (Å²) in [5.74, 6) is 0.912. The maximum Gasteiger partial charge on any atom is 0.227 e. The molecule has 1 aromatic rings. The average molecular weight is 276 g/mol. The highest BCUT2D eigenvalue weighted by Crippen LogP contribution is 2.31. The number of aryl methyl sites for hydroxylation is 1. The molecule has 3 rings (SSSR count). The van der Waals surface area contributed by atoms with Crippen molar-refractivity contribution >= 4 is 5.91 Å². The number of carbonyl (C=O) groups excluding carboxylic acids is 1. The van der Waals surface area contributed by atoms with Crippen molar-refractivity contribution in [2.75, 3.05) is 13.1 Å². The largest absolute Gasteiger partial charge is 0.342 e. The van der Waals surface area contributed by atoms with Gasteiger partial charge in [0.2, 0.25) is 5.91 Å². The second kappa shape index (κ2) is 5.56. The fourth-order valence-corrected chi connectivity index (χ4v) is 3.61. The maximum atomic E-state index is 12.5. The van der Waals surface area contributed by atoms with Crippen LogP contribution < -0.4 is 5.73 Å². The quantitative estimate of drug-likeness (QED) is 0.884. The lowest BCUT2D eigenvalue weighted by Gasteiger charge is -2.34. The minimum Gasteiger partial charge on any atom is -0.342 e. The first-order chi connectivity index (χ1) is 9.65. The van der Waals surface area contributed by atoms with E-state index in [-0.39, 0.29) is 12.0 Å². The van der Waals surface area contributed by atoms with Crippen LogP contribution in [0.25, 0.3) is 0 Å². The van der Waals surface area contributed by atoms with E-state index in [4.69, 9.17) is 5.73 Å². The number of amides is 1. The number of aromatic nitrogens is 2. The molecule has 1 saturated carbocycles. The van der Waals surface area contributed by atoms with Gasteiger partial charge in [-0.25, -0.2) is 0 Å². The van der Waals surface area contributed by atoms with Crippen molar-refractivity contribution < 1.29 is 4.79 Å². The maximum absolute atomic E-state index is 12.5. The molecule has 1 amide bonds. The Morgan fingerprint density at radius 1 is 1.30 bits per heavy atom. The number of carbonyl (C=O) groups is 1. The first kappa shape index (κ1) is 13.6.